The Morgan fingerprint density at radius 3 is 2.34 bits per heavy atom. The van der Waals surface area contributed by atoms with E-state index in [1.807, 2.05) is 0 Å². The van der Waals surface area contributed by atoms with Crippen LogP contribution in [0.15, 0.2) is 36.1 Å². The molecule has 2 aliphatic heterocycles. The molecule has 0 radical (unpaired) electrons. The smallest absolute Gasteiger partial charge is 0.312 e. The number of hydrogen-bond acceptors (Lipinski definition) is 14. The van der Waals surface area contributed by atoms with Crippen molar-refractivity contribution in [1.82, 2.24) is 4.98 Å². The van der Waals surface area contributed by atoms with E-state index in [1.165, 1.54) is 46.3 Å². The average molecular weight is 754 g/mol. The second kappa shape index (κ2) is 15.0. The largest absolute Gasteiger partial charge is 0.507 e. The van der Waals surface area contributed by atoms with Crippen LogP contribution in [0.4, 0.5) is 10.8 Å². The van der Waals surface area contributed by atoms with E-state index in [0.29, 0.717) is 0 Å². The van der Waals surface area contributed by atoms with Crippen LogP contribution in [0.5, 0.6) is 17.2 Å². The molecule has 15 heteroatoms. The number of esters is 1. The van der Waals surface area contributed by atoms with E-state index in [-0.39, 0.29) is 54.3 Å². The lowest BCUT2D eigenvalue weighted by atomic mass is 9.78. The van der Waals surface area contributed by atoms with Crippen molar-refractivity contribution in [2.45, 2.75) is 85.6 Å². The van der Waals surface area contributed by atoms with Crippen LogP contribution >= 0.6 is 11.3 Å². The topological polar surface area (TPSA) is 220 Å². The molecule has 14 nitrogen and oxygen atoms in total. The van der Waals surface area contributed by atoms with E-state index in [9.17, 15) is 34.8 Å². The van der Waals surface area contributed by atoms with Crippen LogP contribution in [0, 0.1) is 30.6 Å². The number of nitrogens with one attached hydrogen (secondary N) is 1. The number of anilines is 2. The number of ketones is 1. The van der Waals surface area contributed by atoms with E-state index in [0.717, 1.165) is 11.3 Å². The normalized spacial score (nSPS) is 32.2. The van der Waals surface area contributed by atoms with E-state index < -0.39 is 83.0 Å². The predicted octanol–water partition coefficient (Wildman–Crippen LogP) is 5.24. The summed E-state index contributed by atoms with van der Waals surface area (Å²) in [6, 6.07) is 0. The fraction of sp³-hybridized carbons (Fsp3) is 0.474. The Hall–Kier alpha value is -4.70. The predicted molar refractivity (Wildman–Crippen MR) is 200 cm³/mol. The standard InChI is InChI=1S/C38H47N3O11S/c1-15-11-10-12-16(2)36(48)40-27-31(46)24-23(26-34(27)53-37(39)41-26)25-33(20(6)30(24)45)52-38(8,35(25)47)50-14-13-22(49-9)17(3)32(51-21(7)42)19(5)29(44)18(4)28(15)43/h10-15,17-19,22,28-29,32,43-46H,1-9H3,(H2,39,41)(H,40,48)/b11-10+,14-13+,16-12-. The third-order valence-electron chi connectivity index (χ3n) is 10.4. The Morgan fingerprint density at radius 2 is 1.70 bits per heavy atom. The number of rotatable bonds is 2. The number of carbonyl (C=O) groups is 3. The lowest BCUT2D eigenvalue weighted by Crippen LogP contribution is -2.46. The summed E-state index contributed by atoms with van der Waals surface area (Å²) in [4.78, 5) is 44.5. The van der Waals surface area contributed by atoms with Gasteiger partial charge in [0.25, 0.3) is 11.7 Å². The minimum atomic E-state index is -1.95. The maximum absolute atomic E-state index is 14.3. The van der Waals surface area contributed by atoms with Gasteiger partial charge in [-0.05, 0) is 19.9 Å². The first-order chi connectivity index (χ1) is 24.8. The summed E-state index contributed by atoms with van der Waals surface area (Å²) in [6.07, 6.45) is 3.80. The Bertz CT molecular complexity index is 2060. The number of Topliss-reactive ketones (excluding diaryl/α,β-unsaturated/α-hetero) is 1. The first-order valence-electron chi connectivity index (χ1n) is 17.3. The lowest BCUT2D eigenvalue weighted by Gasteiger charge is -2.38. The average Bonchev–Trinajstić information content (AvgIpc) is 3.63. The number of ether oxygens (including phenoxy) is 4. The molecule has 0 spiro atoms. The first kappa shape index (κ1) is 39.5. The van der Waals surface area contributed by atoms with Gasteiger partial charge in [-0.1, -0.05) is 57.3 Å². The summed E-state index contributed by atoms with van der Waals surface area (Å²) in [5, 5.41) is 48.6. The zero-order valence-electron chi connectivity index (χ0n) is 31.1. The highest BCUT2D eigenvalue weighted by atomic mass is 32.1. The molecule has 0 saturated heterocycles. The number of methoxy groups -OCH3 is 1. The zero-order chi connectivity index (χ0) is 39.3. The third-order valence-corrected chi connectivity index (χ3v) is 11.3. The number of nitrogens with two attached hydrogens (primary N) is 1. The van der Waals surface area contributed by atoms with Crippen molar-refractivity contribution in [1.29, 1.82) is 0 Å². The van der Waals surface area contributed by atoms with Crippen molar-refractivity contribution in [2.75, 3.05) is 18.2 Å². The minimum absolute atomic E-state index is 0.00910. The number of benzene rings is 2. The Kier molecular flexibility index (Phi) is 11.2. The third kappa shape index (κ3) is 7.05. The van der Waals surface area contributed by atoms with Crippen LogP contribution < -0.4 is 15.8 Å². The molecule has 5 rings (SSSR count). The highest BCUT2D eigenvalue weighted by Gasteiger charge is 2.49. The van der Waals surface area contributed by atoms with Crippen molar-refractivity contribution < 1.29 is 53.8 Å². The van der Waals surface area contributed by atoms with Gasteiger partial charge in [0.1, 0.15) is 23.3 Å². The number of phenolic OH excluding ortho intramolecular Hbond substituents is 2. The van der Waals surface area contributed by atoms with Crippen LogP contribution in [0.2, 0.25) is 0 Å². The number of hydrogen-bond donors (Lipinski definition) is 6. The number of aromatic nitrogens is 1. The SMILES string of the molecule is COC1/C=C/OC2(C)Oc3c(C)c(O)c4c(O)c(c5sc(N)nc5c4c3C2=O)NC(=O)/C(C)=C\C=C\C(C)C(O)C(C)C(O)C(C)C(OC(C)=O)C1C. The maximum Gasteiger partial charge on any atom is 0.312 e. The first-order valence-corrected chi connectivity index (χ1v) is 18.1. The molecule has 0 saturated carbocycles. The summed E-state index contributed by atoms with van der Waals surface area (Å²) < 4.78 is 23.8. The fourth-order valence-electron chi connectivity index (χ4n) is 7.14. The maximum atomic E-state index is 14.3. The number of carbonyl (C=O) groups excluding carboxylic acids is 3. The Balaban J connectivity index is 1.70. The highest BCUT2D eigenvalue weighted by molar-refractivity contribution is 7.22. The number of allylic oxidation sites excluding steroid dienone is 2. The fourth-order valence-corrected chi connectivity index (χ4v) is 7.98. The molecule has 286 valence electrons. The van der Waals surface area contributed by atoms with Gasteiger partial charge in [-0.3, -0.25) is 14.4 Å². The molecular formula is C38H47N3O11S. The number of fused-ring (bicyclic) bond motifs is 1. The second-order valence-electron chi connectivity index (χ2n) is 14.1. The van der Waals surface area contributed by atoms with Crippen LogP contribution in [-0.2, 0) is 23.8 Å². The number of nitrogens with zero attached hydrogens (tertiary/aromatic N) is 1. The molecule has 9 unspecified atom stereocenters. The van der Waals surface area contributed by atoms with Gasteiger partial charge >= 0.3 is 11.8 Å². The minimum Gasteiger partial charge on any atom is -0.507 e. The quantitative estimate of drug-likeness (QED) is 0.146. The number of aliphatic hydroxyl groups excluding tert-OH is 2. The van der Waals surface area contributed by atoms with Crippen molar-refractivity contribution in [3.63, 3.8) is 0 Å². The Labute approximate surface area is 310 Å². The van der Waals surface area contributed by atoms with Gasteiger partial charge in [-0.2, -0.15) is 0 Å². The molecule has 4 bridgehead atoms. The van der Waals surface area contributed by atoms with Gasteiger partial charge in [0, 0.05) is 61.2 Å². The van der Waals surface area contributed by atoms with E-state index in [2.05, 4.69) is 10.3 Å². The van der Waals surface area contributed by atoms with Crippen molar-refractivity contribution in [3.05, 3.63) is 47.3 Å². The van der Waals surface area contributed by atoms with Gasteiger partial charge in [0.15, 0.2) is 10.9 Å². The van der Waals surface area contributed by atoms with Crippen LogP contribution in [0.25, 0.3) is 21.0 Å². The van der Waals surface area contributed by atoms with Crippen molar-refractivity contribution in [2.24, 2.45) is 23.7 Å². The van der Waals surface area contributed by atoms with Gasteiger partial charge in [0.05, 0.1) is 45.7 Å². The van der Waals surface area contributed by atoms with Crippen LogP contribution in [-0.4, -0.2) is 80.4 Å². The number of thiazole rings is 1. The molecule has 7 N–H and O–H groups in total. The van der Waals surface area contributed by atoms with Crippen molar-refractivity contribution in [3.8, 4) is 17.2 Å². The number of amides is 1. The number of aliphatic hydroxyl groups is 2. The Morgan fingerprint density at radius 1 is 1.02 bits per heavy atom. The van der Waals surface area contributed by atoms with Gasteiger partial charge < -0.3 is 50.4 Å². The molecule has 0 fully saturated rings. The number of aromatic hydroxyl groups is 2. The summed E-state index contributed by atoms with van der Waals surface area (Å²) in [5.74, 6) is -7.04. The van der Waals surface area contributed by atoms with E-state index >= 15 is 0 Å². The molecule has 3 aromatic rings. The monoisotopic (exact) mass is 753 g/mol. The van der Waals surface area contributed by atoms with Gasteiger partial charge in [-0.25, -0.2) is 4.98 Å². The molecule has 9 atom stereocenters. The summed E-state index contributed by atoms with van der Waals surface area (Å²) >= 11 is 0.968. The van der Waals surface area contributed by atoms with Crippen molar-refractivity contribution >= 4 is 60.8 Å². The highest BCUT2D eigenvalue weighted by Crippen LogP contribution is 2.55. The lowest BCUT2D eigenvalue weighted by molar-refractivity contribution is -0.160. The molecule has 2 aliphatic rings. The zero-order valence-corrected chi connectivity index (χ0v) is 31.9. The molecule has 1 amide bonds. The molecule has 1 aromatic heterocycles. The molecule has 2 aromatic carbocycles. The summed E-state index contributed by atoms with van der Waals surface area (Å²) in [7, 11) is 1.45. The summed E-state index contributed by atoms with van der Waals surface area (Å²) in [6.45, 7) is 12.7. The number of phenols is 2. The molecule has 3 heterocycles. The van der Waals surface area contributed by atoms with E-state index in [1.54, 1.807) is 46.8 Å². The molecular weight excluding hydrogens is 706 g/mol. The number of nitrogen functional groups attached to an aromatic ring is 1. The second-order valence-corrected chi connectivity index (χ2v) is 15.1. The van der Waals surface area contributed by atoms with E-state index in [4.69, 9.17) is 24.7 Å². The molecule has 53 heavy (non-hydrogen) atoms. The van der Waals surface area contributed by atoms with Gasteiger partial charge in [-0.15, -0.1) is 0 Å². The van der Waals surface area contributed by atoms with Crippen LogP contribution in [0.1, 0.15) is 64.4 Å². The summed E-state index contributed by atoms with van der Waals surface area (Å²) in [5.41, 5.74) is 6.57. The van der Waals surface area contributed by atoms with Crippen LogP contribution in [0.3, 0.4) is 0 Å². The van der Waals surface area contributed by atoms with Gasteiger partial charge in [0.2, 0.25) is 0 Å². The molecule has 0 aliphatic carbocycles.